The average molecular weight is 317 g/mol. The number of fused-ring (bicyclic) bond motifs is 1. The molecule has 3 aromatic carbocycles. The monoisotopic (exact) mass is 317 g/mol. The quantitative estimate of drug-likeness (QED) is 0.344. The largest absolute Gasteiger partial charge is 0.424 e. The van der Waals surface area contributed by atoms with Crippen molar-refractivity contribution >= 4 is 16.8 Å². The van der Waals surface area contributed by atoms with Gasteiger partial charge in [-0.3, -0.25) is 4.84 Å². The number of aliphatic imine (C=N–C) groups is 1. The molecular formula is C19H15N3O2. The third-order valence-electron chi connectivity index (χ3n) is 3.38. The van der Waals surface area contributed by atoms with Crippen LogP contribution in [0, 0.1) is 11.5 Å². The third-order valence-corrected chi connectivity index (χ3v) is 3.38. The topological polar surface area (TPSA) is 66.6 Å². The van der Waals surface area contributed by atoms with Crippen molar-refractivity contribution in [3.05, 3.63) is 78.4 Å². The van der Waals surface area contributed by atoms with Crippen LogP contribution < -0.4 is 10.2 Å². The molecule has 0 fully saturated rings. The number of nitriles is 1. The Balaban J connectivity index is 1.65. The molecule has 24 heavy (non-hydrogen) atoms. The van der Waals surface area contributed by atoms with Crippen molar-refractivity contribution in [3.63, 3.8) is 0 Å². The Morgan fingerprint density at radius 2 is 1.71 bits per heavy atom. The van der Waals surface area contributed by atoms with E-state index >= 15 is 0 Å². The van der Waals surface area contributed by atoms with Crippen molar-refractivity contribution < 1.29 is 9.57 Å². The van der Waals surface area contributed by atoms with Gasteiger partial charge in [-0.1, -0.05) is 60.7 Å². The number of amidine groups is 1. The normalized spacial score (nSPS) is 11.0. The summed E-state index contributed by atoms with van der Waals surface area (Å²) in [5.41, 5.74) is 3.61. The molecule has 0 aromatic heterocycles. The predicted octanol–water partition coefficient (Wildman–Crippen LogP) is 3.78. The summed E-state index contributed by atoms with van der Waals surface area (Å²) >= 11 is 0. The summed E-state index contributed by atoms with van der Waals surface area (Å²) in [6.07, 6.45) is 1.69. The first-order chi connectivity index (χ1) is 11.9. The molecule has 0 radical (unpaired) electrons. The zero-order valence-electron chi connectivity index (χ0n) is 12.8. The first-order valence-corrected chi connectivity index (χ1v) is 7.41. The van der Waals surface area contributed by atoms with Crippen molar-refractivity contribution in [2.75, 3.05) is 0 Å². The van der Waals surface area contributed by atoms with Crippen molar-refractivity contribution in [1.29, 1.82) is 5.26 Å². The molecule has 0 atom stereocenters. The number of rotatable bonds is 4. The summed E-state index contributed by atoms with van der Waals surface area (Å²) in [5, 5.41) is 11.0. The molecule has 0 amide bonds. The smallest absolute Gasteiger partial charge is 0.330 e. The SMILES string of the molecule is N#CN=C(NOCc1cccc2ccccc12)Oc1ccccc1. The molecular weight excluding hydrogens is 302 g/mol. The van der Waals surface area contributed by atoms with E-state index in [1.807, 2.05) is 60.7 Å². The van der Waals surface area contributed by atoms with Gasteiger partial charge < -0.3 is 4.74 Å². The maximum Gasteiger partial charge on any atom is 0.330 e. The number of hydrogen-bond acceptors (Lipinski definition) is 4. The van der Waals surface area contributed by atoms with Gasteiger partial charge in [0.25, 0.3) is 0 Å². The van der Waals surface area contributed by atoms with Crippen LogP contribution in [0.15, 0.2) is 77.8 Å². The van der Waals surface area contributed by atoms with Crippen LogP contribution in [0.3, 0.4) is 0 Å². The van der Waals surface area contributed by atoms with E-state index in [2.05, 4.69) is 10.5 Å². The van der Waals surface area contributed by atoms with Gasteiger partial charge >= 0.3 is 6.02 Å². The van der Waals surface area contributed by atoms with Crippen LogP contribution in [-0.4, -0.2) is 6.02 Å². The van der Waals surface area contributed by atoms with E-state index in [1.165, 1.54) is 0 Å². The zero-order valence-corrected chi connectivity index (χ0v) is 12.8. The van der Waals surface area contributed by atoms with Gasteiger partial charge in [-0.25, -0.2) is 5.48 Å². The second kappa shape index (κ2) is 7.77. The molecule has 1 N–H and O–H groups in total. The van der Waals surface area contributed by atoms with Crippen LogP contribution >= 0.6 is 0 Å². The minimum Gasteiger partial charge on any atom is -0.424 e. The molecule has 0 unspecified atom stereocenters. The predicted molar refractivity (Wildman–Crippen MR) is 92.0 cm³/mol. The van der Waals surface area contributed by atoms with E-state index in [4.69, 9.17) is 14.8 Å². The lowest BCUT2D eigenvalue weighted by atomic mass is 10.1. The molecule has 5 heteroatoms. The van der Waals surface area contributed by atoms with E-state index in [1.54, 1.807) is 18.3 Å². The Labute approximate surface area is 139 Å². The number of hydroxylamine groups is 1. The standard InChI is InChI=1S/C19H15N3O2/c20-14-21-19(24-17-10-2-1-3-11-17)22-23-13-16-9-6-8-15-7-4-5-12-18(15)16/h1-12H,13H2,(H,21,22). The molecule has 0 saturated heterocycles. The minimum absolute atomic E-state index is 0.0102. The molecule has 0 bridgehead atoms. The van der Waals surface area contributed by atoms with E-state index in [-0.39, 0.29) is 6.02 Å². The van der Waals surface area contributed by atoms with Crippen LogP contribution in [0.2, 0.25) is 0 Å². The van der Waals surface area contributed by atoms with E-state index in [0.717, 1.165) is 16.3 Å². The molecule has 5 nitrogen and oxygen atoms in total. The molecule has 118 valence electrons. The van der Waals surface area contributed by atoms with E-state index < -0.39 is 0 Å². The summed E-state index contributed by atoms with van der Waals surface area (Å²) in [6, 6.07) is 23.1. The lowest BCUT2D eigenvalue weighted by Gasteiger charge is -2.11. The highest BCUT2D eigenvalue weighted by atomic mass is 16.7. The van der Waals surface area contributed by atoms with Crippen LogP contribution in [0.1, 0.15) is 5.56 Å². The van der Waals surface area contributed by atoms with Crippen LogP contribution in [0.4, 0.5) is 0 Å². The summed E-state index contributed by atoms with van der Waals surface area (Å²) in [5.74, 6) is 0.563. The highest BCUT2D eigenvalue weighted by Crippen LogP contribution is 2.18. The summed E-state index contributed by atoms with van der Waals surface area (Å²) < 4.78 is 5.47. The Bertz CT molecular complexity index is 881. The van der Waals surface area contributed by atoms with Crippen molar-refractivity contribution in [2.45, 2.75) is 6.61 Å². The van der Waals surface area contributed by atoms with E-state index in [0.29, 0.717) is 12.4 Å². The molecule has 0 aliphatic heterocycles. The van der Waals surface area contributed by atoms with Gasteiger partial charge in [0.1, 0.15) is 12.4 Å². The second-order valence-electron chi connectivity index (χ2n) is 4.96. The van der Waals surface area contributed by atoms with Gasteiger partial charge in [-0.05, 0) is 28.5 Å². The van der Waals surface area contributed by atoms with Crippen molar-refractivity contribution in [1.82, 2.24) is 5.48 Å². The van der Waals surface area contributed by atoms with Gasteiger partial charge in [0.05, 0.1) is 0 Å². The Morgan fingerprint density at radius 3 is 2.54 bits per heavy atom. The fourth-order valence-electron chi connectivity index (χ4n) is 2.31. The van der Waals surface area contributed by atoms with Crippen LogP contribution in [0.25, 0.3) is 10.8 Å². The lowest BCUT2D eigenvalue weighted by molar-refractivity contribution is 0.0616. The summed E-state index contributed by atoms with van der Waals surface area (Å²) in [6.45, 7) is 0.309. The Kier molecular flexibility index (Phi) is 5.03. The summed E-state index contributed by atoms with van der Waals surface area (Å²) in [4.78, 5) is 9.03. The fraction of sp³-hybridized carbons (Fsp3) is 0.0526. The average Bonchev–Trinajstić information content (AvgIpc) is 2.63. The van der Waals surface area contributed by atoms with Gasteiger partial charge in [0, 0.05) is 0 Å². The lowest BCUT2D eigenvalue weighted by Crippen LogP contribution is -2.28. The first-order valence-electron chi connectivity index (χ1n) is 7.41. The zero-order chi connectivity index (χ0) is 16.6. The first kappa shape index (κ1) is 15.5. The van der Waals surface area contributed by atoms with Gasteiger partial charge in [-0.2, -0.15) is 5.26 Å². The minimum atomic E-state index is -0.0102. The van der Waals surface area contributed by atoms with E-state index in [9.17, 15) is 0 Å². The molecule has 0 saturated carbocycles. The number of para-hydroxylation sites is 1. The Hall–Kier alpha value is -3.36. The molecule has 0 aliphatic carbocycles. The fourth-order valence-corrected chi connectivity index (χ4v) is 2.31. The summed E-state index contributed by atoms with van der Waals surface area (Å²) in [7, 11) is 0. The third kappa shape index (κ3) is 3.88. The molecule has 0 aliphatic rings. The number of benzene rings is 3. The maximum absolute atomic E-state index is 8.76. The number of nitrogens with one attached hydrogen (secondary N) is 1. The van der Waals surface area contributed by atoms with Gasteiger partial charge in [0.2, 0.25) is 6.19 Å². The van der Waals surface area contributed by atoms with Crippen molar-refractivity contribution in [3.8, 4) is 11.9 Å². The number of nitrogens with zero attached hydrogens (tertiary/aromatic N) is 2. The molecule has 3 aromatic rings. The Morgan fingerprint density at radius 1 is 0.958 bits per heavy atom. The number of hydrogen-bond donors (Lipinski definition) is 1. The number of ether oxygens (including phenoxy) is 1. The molecule has 3 rings (SSSR count). The van der Waals surface area contributed by atoms with Gasteiger partial charge in [0.15, 0.2) is 0 Å². The second-order valence-corrected chi connectivity index (χ2v) is 4.96. The molecule has 0 heterocycles. The maximum atomic E-state index is 8.76. The highest BCUT2D eigenvalue weighted by molar-refractivity contribution is 5.85. The van der Waals surface area contributed by atoms with Crippen LogP contribution in [0.5, 0.6) is 5.75 Å². The highest BCUT2D eigenvalue weighted by Gasteiger charge is 2.05. The van der Waals surface area contributed by atoms with Gasteiger partial charge in [-0.15, -0.1) is 4.99 Å². The van der Waals surface area contributed by atoms with Crippen LogP contribution in [-0.2, 0) is 11.4 Å². The molecule has 0 spiro atoms. The van der Waals surface area contributed by atoms with Crippen molar-refractivity contribution in [2.24, 2.45) is 4.99 Å².